The van der Waals surface area contributed by atoms with Gasteiger partial charge in [-0.3, -0.25) is 10.2 Å². The van der Waals surface area contributed by atoms with E-state index in [1.165, 1.54) is 5.56 Å². The SMILES string of the molecule is COc1cc(NC(=O)N2CCCC(C)c3ccccc32)n(C)n1. The Morgan fingerprint density at radius 3 is 2.91 bits per heavy atom. The van der Waals surface area contributed by atoms with Crippen LogP contribution >= 0.6 is 0 Å². The molecule has 2 amide bonds. The second-order valence-electron chi connectivity index (χ2n) is 5.88. The van der Waals surface area contributed by atoms with Crippen LogP contribution in [0.2, 0.25) is 0 Å². The predicted molar refractivity (Wildman–Crippen MR) is 90.2 cm³/mol. The third kappa shape index (κ3) is 3.02. The number of methoxy groups -OCH3 is 1. The molecule has 1 aromatic heterocycles. The molecule has 0 saturated carbocycles. The molecule has 2 heterocycles. The number of nitrogens with zero attached hydrogens (tertiary/aromatic N) is 3. The second kappa shape index (κ2) is 6.32. The average Bonchev–Trinajstić information content (AvgIpc) is 2.81. The molecule has 0 spiro atoms. The lowest BCUT2D eigenvalue weighted by Gasteiger charge is -2.23. The summed E-state index contributed by atoms with van der Waals surface area (Å²) in [5.41, 5.74) is 2.21. The van der Waals surface area contributed by atoms with Crippen LogP contribution in [0.15, 0.2) is 30.3 Å². The quantitative estimate of drug-likeness (QED) is 0.924. The molecule has 122 valence electrons. The first-order valence-corrected chi connectivity index (χ1v) is 7.85. The minimum Gasteiger partial charge on any atom is -0.480 e. The number of hydrogen-bond donors (Lipinski definition) is 1. The minimum absolute atomic E-state index is 0.141. The predicted octanol–water partition coefficient (Wildman–Crippen LogP) is 3.36. The Hall–Kier alpha value is -2.50. The summed E-state index contributed by atoms with van der Waals surface area (Å²) in [6.45, 7) is 2.92. The zero-order chi connectivity index (χ0) is 16.4. The van der Waals surface area contributed by atoms with Crippen LogP contribution in [0.25, 0.3) is 0 Å². The fraction of sp³-hybridized carbons (Fsp3) is 0.412. The van der Waals surface area contributed by atoms with Crippen molar-refractivity contribution >= 4 is 17.5 Å². The van der Waals surface area contributed by atoms with E-state index in [4.69, 9.17) is 4.74 Å². The van der Waals surface area contributed by atoms with Gasteiger partial charge >= 0.3 is 6.03 Å². The molecule has 0 fully saturated rings. The number of anilines is 2. The molecule has 0 aliphatic carbocycles. The van der Waals surface area contributed by atoms with Gasteiger partial charge < -0.3 is 4.74 Å². The molecule has 1 N–H and O–H groups in total. The van der Waals surface area contributed by atoms with Crippen LogP contribution in [0.4, 0.5) is 16.3 Å². The van der Waals surface area contributed by atoms with E-state index in [9.17, 15) is 4.79 Å². The number of fused-ring (bicyclic) bond motifs is 1. The number of aromatic nitrogens is 2. The Kier molecular flexibility index (Phi) is 4.23. The first-order chi connectivity index (χ1) is 11.1. The van der Waals surface area contributed by atoms with Crippen molar-refractivity contribution < 1.29 is 9.53 Å². The van der Waals surface area contributed by atoms with Crippen molar-refractivity contribution in [2.45, 2.75) is 25.7 Å². The van der Waals surface area contributed by atoms with E-state index in [1.807, 2.05) is 23.1 Å². The number of aryl methyl sites for hydroxylation is 1. The number of carbonyl (C=O) groups excluding carboxylic acids is 1. The molecule has 0 bridgehead atoms. The highest BCUT2D eigenvalue weighted by Crippen LogP contribution is 2.34. The Labute approximate surface area is 136 Å². The summed E-state index contributed by atoms with van der Waals surface area (Å²) in [6, 6.07) is 9.70. The number of ether oxygens (including phenoxy) is 1. The molecular formula is C17H22N4O2. The van der Waals surface area contributed by atoms with Crippen LogP contribution in [0, 0.1) is 0 Å². The number of carbonyl (C=O) groups is 1. The van der Waals surface area contributed by atoms with Gasteiger partial charge in [0.25, 0.3) is 0 Å². The molecule has 1 aromatic carbocycles. The zero-order valence-corrected chi connectivity index (χ0v) is 13.7. The van der Waals surface area contributed by atoms with E-state index < -0.39 is 0 Å². The normalized spacial score (nSPS) is 17.3. The van der Waals surface area contributed by atoms with Crippen molar-refractivity contribution in [3.63, 3.8) is 0 Å². The summed E-state index contributed by atoms with van der Waals surface area (Å²) in [6.07, 6.45) is 2.07. The number of rotatable bonds is 2. The number of hydrogen-bond acceptors (Lipinski definition) is 3. The Morgan fingerprint density at radius 1 is 1.39 bits per heavy atom. The molecule has 1 aliphatic heterocycles. The topological polar surface area (TPSA) is 59.4 Å². The van der Waals surface area contributed by atoms with Gasteiger partial charge in [0.1, 0.15) is 5.82 Å². The minimum atomic E-state index is -0.141. The summed E-state index contributed by atoms with van der Waals surface area (Å²) < 4.78 is 6.70. The van der Waals surface area contributed by atoms with E-state index in [1.54, 1.807) is 24.9 Å². The standard InChI is InChI=1S/C17H22N4O2/c1-12-7-6-10-21(14-9-5-4-8-13(12)14)17(22)18-15-11-16(23-3)19-20(15)2/h4-5,8-9,11-12H,6-7,10H2,1-3H3,(H,18,22). The number of nitrogens with one attached hydrogen (secondary N) is 1. The van der Waals surface area contributed by atoms with E-state index in [-0.39, 0.29) is 6.03 Å². The molecule has 0 radical (unpaired) electrons. The van der Waals surface area contributed by atoms with Crippen molar-refractivity contribution in [1.82, 2.24) is 9.78 Å². The Morgan fingerprint density at radius 2 is 2.17 bits per heavy atom. The number of urea groups is 1. The van der Waals surface area contributed by atoms with E-state index in [0.29, 0.717) is 24.2 Å². The Balaban J connectivity index is 1.86. The lowest BCUT2D eigenvalue weighted by molar-refractivity contribution is 0.256. The molecule has 2 aromatic rings. The summed E-state index contributed by atoms with van der Waals surface area (Å²) in [4.78, 5) is 14.6. The van der Waals surface area contributed by atoms with E-state index >= 15 is 0 Å². The molecule has 3 rings (SSSR count). The van der Waals surface area contributed by atoms with Gasteiger partial charge in [0.2, 0.25) is 5.88 Å². The van der Waals surface area contributed by atoms with Gasteiger partial charge in [0, 0.05) is 25.3 Å². The smallest absolute Gasteiger partial charge is 0.327 e. The van der Waals surface area contributed by atoms with E-state index in [2.05, 4.69) is 23.4 Å². The third-order valence-corrected chi connectivity index (χ3v) is 4.32. The molecule has 1 aliphatic rings. The maximum atomic E-state index is 12.8. The van der Waals surface area contributed by atoms with Crippen LogP contribution in [-0.2, 0) is 7.05 Å². The highest BCUT2D eigenvalue weighted by molar-refractivity contribution is 6.02. The van der Waals surface area contributed by atoms with Crippen molar-refractivity contribution in [3.8, 4) is 5.88 Å². The summed E-state index contributed by atoms with van der Waals surface area (Å²) in [7, 11) is 3.33. The van der Waals surface area contributed by atoms with Crippen molar-refractivity contribution in [2.75, 3.05) is 23.9 Å². The highest BCUT2D eigenvalue weighted by Gasteiger charge is 2.24. The summed E-state index contributed by atoms with van der Waals surface area (Å²) >= 11 is 0. The number of benzene rings is 1. The largest absolute Gasteiger partial charge is 0.480 e. The van der Waals surface area contributed by atoms with Gasteiger partial charge in [0.05, 0.1) is 7.11 Å². The molecule has 1 atom stereocenters. The fourth-order valence-electron chi connectivity index (χ4n) is 3.03. The van der Waals surface area contributed by atoms with Crippen LogP contribution in [-0.4, -0.2) is 29.5 Å². The number of para-hydroxylation sites is 1. The third-order valence-electron chi connectivity index (χ3n) is 4.32. The van der Waals surface area contributed by atoms with Gasteiger partial charge in [-0.05, 0) is 30.4 Å². The summed E-state index contributed by atoms with van der Waals surface area (Å²) in [5, 5.41) is 7.09. The van der Waals surface area contributed by atoms with Gasteiger partial charge in [-0.15, -0.1) is 5.10 Å². The fourth-order valence-corrected chi connectivity index (χ4v) is 3.03. The van der Waals surface area contributed by atoms with Gasteiger partial charge in [-0.1, -0.05) is 25.1 Å². The van der Waals surface area contributed by atoms with Crippen LogP contribution < -0.4 is 15.0 Å². The Bertz CT molecular complexity index is 710. The van der Waals surface area contributed by atoms with Gasteiger partial charge in [0.15, 0.2) is 0 Å². The lowest BCUT2D eigenvalue weighted by Crippen LogP contribution is -2.36. The average molecular weight is 314 g/mol. The van der Waals surface area contributed by atoms with Crippen molar-refractivity contribution in [2.24, 2.45) is 7.05 Å². The maximum absolute atomic E-state index is 12.8. The number of amides is 2. The van der Waals surface area contributed by atoms with Gasteiger partial charge in [-0.25, -0.2) is 9.48 Å². The first-order valence-electron chi connectivity index (χ1n) is 7.85. The molecule has 6 heteroatoms. The second-order valence-corrected chi connectivity index (χ2v) is 5.88. The van der Waals surface area contributed by atoms with E-state index in [0.717, 1.165) is 18.5 Å². The molecular weight excluding hydrogens is 292 g/mol. The highest BCUT2D eigenvalue weighted by atomic mass is 16.5. The van der Waals surface area contributed by atoms with Crippen LogP contribution in [0.5, 0.6) is 5.88 Å². The molecule has 0 saturated heterocycles. The zero-order valence-electron chi connectivity index (χ0n) is 13.7. The first kappa shape index (κ1) is 15.4. The lowest BCUT2D eigenvalue weighted by atomic mass is 9.96. The monoisotopic (exact) mass is 314 g/mol. The van der Waals surface area contributed by atoms with Crippen molar-refractivity contribution in [3.05, 3.63) is 35.9 Å². The summed E-state index contributed by atoms with van der Waals surface area (Å²) in [5.74, 6) is 1.55. The van der Waals surface area contributed by atoms with Gasteiger partial charge in [-0.2, -0.15) is 0 Å². The van der Waals surface area contributed by atoms with Crippen LogP contribution in [0.3, 0.4) is 0 Å². The maximum Gasteiger partial charge on any atom is 0.327 e. The van der Waals surface area contributed by atoms with Crippen LogP contribution in [0.1, 0.15) is 31.2 Å². The molecule has 6 nitrogen and oxygen atoms in total. The molecule has 23 heavy (non-hydrogen) atoms. The molecule has 1 unspecified atom stereocenters. The van der Waals surface area contributed by atoms with Crippen molar-refractivity contribution in [1.29, 1.82) is 0 Å².